The van der Waals surface area contributed by atoms with Gasteiger partial charge in [0.1, 0.15) is 6.10 Å². The van der Waals surface area contributed by atoms with E-state index >= 15 is 0 Å². The molecule has 3 heteroatoms. The SMILES string of the molecule is CC1CNc2cc(C(C)(C)C)cc(N)c2O1. The summed E-state index contributed by atoms with van der Waals surface area (Å²) in [6, 6.07) is 4.15. The van der Waals surface area contributed by atoms with Gasteiger partial charge in [-0.25, -0.2) is 0 Å². The highest BCUT2D eigenvalue weighted by Crippen LogP contribution is 2.39. The quantitative estimate of drug-likeness (QED) is 0.661. The second-order valence-electron chi connectivity index (χ2n) is 5.50. The lowest BCUT2D eigenvalue weighted by Gasteiger charge is -2.29. The van der Waals surface area contributed by atoms with Crippen molar-refractivity contribution in [2.75, 3.05) is 17.6 Å². The first-order chi connectivity index (χ1) is 7.38. The maximum atomic E-state index is 6.04. The van der Waals surface area contributed by atoms with Crippen LogP contribution in [0.15, 0.2) is 12.1 Å². The molecular weight excluding hydrogens is 200 g/mol. The van der Waals surface area contributed by atoms with Gasteiger partial charge in [0.15, 0.2) is 5.75 Å². The lowest BCUT2D eigenvalue weighted by Crippen LogP contribution is -2.28. The van der Waals surface area contributed by atoms with Gasteiger partial charge in [0.05, 0.1) is 17.9 Å². The van der Waals surface area contributed by atoms with Crippen molar-refractivity contribution in [3.8, 4) is 5.75 Å². The molecule has 0 aliphatic carbocycles. The molecule has 16 heavy (non-hydrogen) atoms. The third kappa shape index (κ3) is 1.94. The van der Waals surface area contributed by atoms with Gasteiger partial charge in [0.25, 0.3) is 0 Å². The van der Waals surface area contributed by atoms with Crippen LogP contribution >= 0.6 is 0 Å². The van der Waals surface area contributed by atoms with Crippen LogP contribution in [0.5, 0.6) is 5.75 Å². The minimum Gasteiger partial charge on any atom is -0.485 e. The second kappa shape index (κ2) is 3.58. The fourth-order valence-electron chi connectivity index (χ4n) is 1.84. The first kappa shape index (κ1) is 11.1. The molecule has 1 heterocycles. The molecule has 0 amide bonds. The molecule has 0 radical (unpaired) electrons. The van der Waals surface area contributed by atoms with Crippen LogP contribution in [0, 0.1) is 0 Å². The van der Waals surface area contributed by atoms with E-state index in [0.29, 0.717) is 0 Å². The van der Waals surface area contributed by atoms with Gasteiger partial charge in [0, 0.05) is 0 Å². The van der Waals surface area contributed by atoms with E-state index < -0.39 is 0 Å². The predicted molar refractivity (Wildman–Crippen MR) is 68.1 cm³/mol. The van der Waals surface area contributed by atoms with Gasteiger partial charge in [-0.05, 0) is 30.0 Å². The summed E-state index contributed by atoms with van der Waals surface area (Å²) in [4.78, 5) is 0. The molecule has 1 aromatic rings. The third-order valence-electron chi connectivity index (χ3n) is 2.88. The molecular formula is C13H20N2O. The molecule has 0 fully saturated rings. The highest BCUT2D eigenvalue weighted by molar-refractivity contribution is 5.72. The molecule has 2 rings (SSSR count). The molecule has 0 bridgehead atoms. The van der Waals surface area contributed by atoms with Gasteiger partial charge in [-0.1, -0.05) is 20.8 Å². The monoisotopic (exact) mass is 220 g/mol. The number of hydrogen-bond acceptors (Lipinski definition) is 3. The first-order valence-electron chi connectivity index (χ1n) is 5.72. The fourth-order valence-corrected chi connectivity index (χ4v) is 1.84. The Hall–Kier alpha value is -1.38. The molecule has 1 aliphatic heterocycles. The zero-order valence-corrected chi connectivity index (χ0v) is 10.4. The Labute approximate surface area is 97.0 Å². The van der Waals surface area contributed by atoms with Gasteiger partial charge in [-0.2, -0.15) is 0 Å². The number of nitrogens with two attached hydrogens (primary N) is 1. The Morgan fingerprint density at radius 3 is 2.69 bits per heavy atom. The number of ether oxygens (including phenoxy) is 1. The Morgan fingerprint density at radius 2 is 2.06 bits per heavy atom. The minimum atomic E-state index is 0.105. The average molecular weight is 220 g/mol. The number of hydrogen-bond donors (Lipinski definition) is 2. The third-order valence-corrected chi connectivity index (χ3v) is 2.88. The molecule has 0 aromatic heterocycles. The van der Waals surface area contributed by atoms with E-state index in [-0.39, 0.29) is 11.5 Å². The number of benzene rings is 1. The van der Waals surface area contributed by atoms with Crippen LogP contribution in [0.4, 0.5) is 11.4 Å². The van der Waals surface area contributed by atoms with Crippen LogP contribution < -0.4 is 15.8 Å². The smallest absolute Gasteiger partial charge is 0.165 e. The zero-order valence-electron chi connectivity index (χ0n) is 10.4. The van der Waals surface area contributed by atoms with Crippen molar-refractivity contribution in [3.05, 3.63) is 17.7 Å². The number of nitrogen functional groups attached to an aromatic ring is 1. The second-order valence-corrected chi connectivity index (χ2v) is 5.50. The predicted octanol–water partition coefficient (Wildman–Crippen LogP) is 2.76. The summed E-state index contributed by atoms with van der Waals surface area (Å²) in [6.45, 7) is 9.41. The van der Waals surface area contributed by atoms with Crippen molar-refractivity contribution in [2.45, 2.75) is 39.2 Å². The molecule has 0 spiro atoms. The number of rotatable bonds is 0. The number of anilines is 2. The van der Waals surface area contributed by atoms with E-state index in [2.05, 4.69) is 32.2 Å². The standard InChI is InChI=1S/C13H20N2O/c1-8-7-15-11-6-9(13(2,3)4)5-10(14)12(11)16-8/h5-6,8,15H,7,14H2,1-4H3. The first-order valence-corrected chi connectivity index (χ1v) is 5.72. The molecule has 0 saturated carbocycles. The van der Waals surface area contributed by atoms with E-state index in [1.165, 1.54) is 5.56 Å². The summed E-state index contributed by atoms with van der Waals surface area (Å²) in [5.41, 5.74) is 9.11. The van der Waals surface area contributed by atoms with E-state index in [1.54, 1.807) is 0 Å². The van der Waals surface area contributed by atoms with Crippen molar-refractivity contribution in [1.29, 1.82) is 0 Å². The van der Waals surface area contributed by atoms with E-state index in [4.69, 9.17) is 10.5 Å². The highest BCUT2D eigenvalue weighted by atomic mass is 16.5. The number of nitrogens with one attached hydrogen (secondary N) is 1. The average Bonchev–Trinajstić information content (AvgIpc) is 2.17. The van der Waals surface area contributed by atoms with Gasteiger partial charge in [-0.3, -0.25) is 0 Å². The highest BCUT2D eigenvalue weighted by Gasteiger charge is 2.22. The van der Waals surface area contributed by atoms with Crippen LogP contribution in [0.2, 0.25) is 0 Å². The topological polar surface area (TPSA) is 47.3 Å². The molecule has 3 nitrogen and oxygen atoms in total. The van der Waals surface area contributed by atoms with Gasteiger partial charge < -0.3 is 15.8 Å². The zero-order chi connectivity index (χ0) is 11.9. The van der Waals surface area contributed by atoms with Crippen molar-refractivity contribution in [1.82, 2.24) is 0 Å². The maximum Gasteiger partial charge on any atom is 0.165 e. The Morgan fingerprint density at radius 1 is 1.38 bits per heavy atom. The summed E-state index contributed by atoms with van der Waals surface area (Å²) in [7, 11) is 0. The maximum absolute atomic E-state index is 6.04. The van der Waals surface area contributed by atoms with Crippen LogP contribution in [-0.2, 0) is 5.41 Å². The van der Waals surface area contributed by atoms with Crippen LogP contribution in [-0.4, -0.2) is 12.6 Å². The van der Waals surface area contributed by atoms with Crippen molar-refractivity contribution in [2.24, 2.45) is 0 Å². The lowest BCUT2D eigenvalue weighted by atomic mass is 9.86. The van der Waals surface area contributed by atoms with Crippen molar-refractivity contribution in [3.63, 3.8) is 0 Å². The Bertz CT molecular complexity index is 407. The molecule has 1 atom stereocenters. The van der Waals surface area contributed by atoms with Crippen molar-refractivity contribution < 1.29 is 4.74 Å². The Balaban J connectivity index is 2.47. The summed E-state index contributed by atoms with van der Waals surface area (Å²) >= 11 is 0. The van der Waals surface area contributed by atoms with Crippen LogP contribution in [0.3, 0.4) is 0 Å². The molecule has 1 aliphatic rings. The lowest BCUT2D eigenvalue weighted by molar-refractivity contribution is 0.227. The largest absolute Gasteiger partial charge is 0.485 e. The molecule has 0 saturated heterocycles. The van der Waals surface area contributed by atoms with E-state index in [0.717, 1.165) is 23.7 Å². The minimum absolute atomic E-state index is 0.105. The summed E-state index contributed by atoms with van der Waals surface area (Å²) in [5.74, 6) is 0.798. The number of fused-ring (bicyclic) bond motifs is 1. The summed E-state index contributed by atoms with van der Waals surface area (Å²) in [5, 5.41) is 3.36. The molecule has 1 unspecified atom stereocenters. The van der Waals surface area contributed by atoms with Crippen LogP contribution in [0.1, 0.15) is 33.3 Å². The van der Waals surface area contributed by atoms with E-state index in [9.17, 15) is 0 Å². The van der Waals surface area contributed by atoms with Gasteiger partial charge >= 0.3 is 0 Å². The molecule has 3 N–H and O–H groups in total. The fraction of sp³-hybridized carbons (Fsp3) is 0.538. The van der Waals surface area contributed by atoms with Crippen LogP contribution in [0.25, 0.3) is 0 Å². The van der Waals surface area contributed by atoms with Crippen molar-refractivity contribution >= 4 is 11.4 Å². The summed E-state index contributed by atoms with van der Waals surface area (Å²) < 4.78 is 5.74. The molecule has 88 valence electrons. The molecule has 1 aromatic carbocycles. The Kier molecular flexibility index (Phi) is 2.49. The summed E-state index contributed by atoms with van der Waals surface area (Å²) in [6.07, 6.45) is 0.176. The van der Waals surface area contributed by atoms with Gasteiger partial charge in [0.2, 0.25) is 0 Å². The normalized spacial score (nSPS) is 19.6. The van der Waals surface area contributed by atoms with Gasteiger partial charge in [-0.15, -0.1) is 0 Å². The van der Waals surface area contributed by atoms with E-state index in [1.807, 2.05) is 13.0 Å².